The number of fused-ring (bicyclic) bond motifs is 1. The highest BCUT2D eigenvalue weighted by atomic mass is 19.1. The zero-order chi connectivity index (χ0) is 13.5. The maximum absolute atomic E-state index is 13.6. The Kier molecular flexibility index (Phi) is 2.90. The third-order valence-electron chi connectivity index (χ3n) is 3.87. The first-order valence-electron chi connectivity index (χ1n) is 6.54. The van der Waals surface area contributed by atoms with Crippen LogP contribution in [0.1, 0.15) is 30.3 Å². The number of carbonyl (C=O) groups excluding carboxylic acids is 1. The number of nitrogens with one attached hydrogen (secondary N) is 1. The van der Waals surface area contributed by atoms with Gasteiger partial charge in [0.25, 0.3) is 0 Å². The summed E-state index contributed by atoms with van der Waals surface area (Å²) in [6.07, 6.45) is 1.80. The van der Waals surface area contributed by atoms with Crippen LogP contribution in [0.4, 0.5) is 4.39 Å². The van der Waals surface area contributed by atoms with Crippen molar-refractivity contribution in [1.29, 1.82) is 0 Å². The van der Waals surface area contributed by atoms with Crippen LogP contribution in [0.15, 0.2) is 28.7 Å². The summed E-state index contributed by atoms with van der Waals surface area (Å²) in [4.78, 5) is 12.5. The summed E-state index contributed by atoms with van der Waals surface area (Å²) in [6.45, 7) is 3.52. The van der Waals surface area contributed by atoms with Crippen molar-refractivity contribution < 1.29 is 13.6 Å². The highest BCUT2D eigenvalue weighted by Gasteiger charge is 2.37. The molecular weight excluding hydrogens is 245 g/mol. The second kappa shape index (κ2) is 4.46. The van der Waals surface area contributed by atoms with Crippen LogP contribution in [0.3, 0.4) is 0 Å². The maximum atomic E-state index is 13.6. The molecule has 0 radical (unpaired) electrons. The van der Waals surface area contributed by atoms with Gasteiger partial charge in [0, 0.05) is 17.3 Å². The van der Waals surface area contributed by atoms with Crippen molar-refractivity contribution in [2.75, 3.05) is 13.1 Å². The first-order chi connectivity index (χ1) is 9.10. The van der Waals surface area contributed by atoms with E-state index in [9.17, 15) is 9.18 Å². The second-order valence-electron chi connectivity index (χ2n) is 5.44. The van der Waals surface area contributed by atoms with Crippen LogP contribution in [0.5, 0.6) is 0 Å². The maximum Gasteiger partial charge on any atom is 0.205 e. The minimum Gasteiger partial charge on any atom is -0.450 e. The lowest BCUT2D eigenvalue weighted by atomic mass is 9.78. The van der Waals surface area contributed by atoms with E-state index in [1.165, 1.54) is 6.07 Å². The van der Waals surface area contributed by atoms with E-state index in [-0.39, 0.29) is 17.1 Å². The zero-order valence-corrected chi connectivity index (χ0v) is 10.8. The van der Waals surface area contributed by atoms with Crippen molar-refractivity contribution in [2.24, 2.45) is 5.41 Å². The molecule has 1 saturated heterocycles. The standard InChI is InChI=1S/C15H16FNO2/c1-15(6-3-7-17-9-15)14(18)12-8-10-4-2-5-11(16)13(10)19-12/h2,4-5,8,17H,3,6-7,9H2,1H3. The normalized spacial score (nSPS) is 23.7. The van der Waals surface area contributed by atoms with E-state index in [1.54, 1.807) is 18.2 Å². The Morgan fingerprint density at radius 3 is 3.00 bits per heavy atom. The largest absolute Gasteiger partial charge is 0.450 e. The Morgan fingerprint density at radius 2 is 2.32 bits per heavy atom. The van der Waals surface area contributed by atoms with Crippen molar-refractivity contribution >= 4 is 16.8 Å². The topological polar surface area (TPSA) is 42.2 Å². The summed E-state index contributed by atoms with van der Waals surface area (Å²) in [7, 11) is 0. The smallest absolute Gasteiger partial charge is 0.205 e. The van der Waals surface area contributed by atoms with Crippen molar-refractivity contribution in [1.82, 2.24) is 5.32 Å². The number of para-hydroxylation sites is 1. The first kappa shape index (κ1) is 12.4. The van der Waals surface area contributed by atoms with E-state index in [0.29, 0.717) is 11.9 Å². The van der Waals surface area contributed by atoms with Gasteiger partial charge in [-0.2, -0.15) is 0 Å². The van der Waals surface area contributed by atoms with Gasteiger partial charge in [-0.1, -0.05) is 19.1 Å². The summed E-state index contributed by atoms with van der Waals surface area (Å²) in [5.41, 5.74) is -0.291. The SMILES string of the molecule is CC1(C(=O)c2cc3cccc(F)c3o2)CCCNC1. The molecule has 100 valence electrons. The van der Waals surface area contributed by atoms with Crippen LogP contribution in [-0.4, -0.2) is 18.9 Å². The molecular formula is C15H16FNO2. The predicted octanol–water partition coefficient (Wildman–Crippen LogP) is 3.14. The van der Waals surface area contributed by atoms with E-state index >= 15 is 0 Å². The number of rotatable bonds is 2. The van der Waals surface area contributed by atoms with Gasteiger partial charge in [0.1, 0.15) is 0 Å². The van der Waals surface area contributed by atoms with Crippen molar-refractivity contribution in [3.63, 3.8) is 0 Å². The Bertz CT molecular complexity index is 626. The Morgan fingerprint density at radius 1 is 1.47 bits per heavy atom. The van der Waals surface area contributed by atoms with Gasteiger partial charge < -0.3 is 9.73 Å². The molecule has 1 aliphatic rings. The molecule has 0 amide bonds. The molecule has 3 rings (SSSR count). The number of hydrogen-bond acceptors (Lipinski definition) is 3. The average molecular weight is 261 g/mol. The molecule has 4 heteroatoms. The summed E-state index contributed by atoms with van der Waals surface area (Å²) >= 11 is 0. The van der Waals surface area contributed by atoms with Gasteiger partial charge in [-0.05, 0) is 31.5 Å². The van der Waals surface area contributed by atoms with Gasteiger partial charge in [-0.15, -0.1) is 0 Å². The van der Waals surface area contributed by atoms with Crippen LogP contribution in [-0.2, 0) is 0 Å². The molecule has 0 spiro atoms. The number of benzene rings is 1. The lowest BCUT2D eigenvalue weighted by Gasteiger charge is -2.31. The van der Waals surface area contributed by atoms with Gasteiger partial charge in [0.15, 0.2) is 17.2 Å². The molecule has 1 aliphatic heterocycles. The highest BCUT2D eigenvalue weighted by Crippen LogP contribution is 2.32. The highest BCUT2D eigenvalue weighted by molar-refractivity contribution is 6.01. The van der Waals surface area contributed by atoms with E-state index in [2.05, 4.69) is 5.32 Å². The van der Waals surface area contributed by atoms with E-state index in [1.807, 2.05) is 6.92 Å². The fourth-order valence-electron chi connectivity index (χ4n) is 2.69. The summed E-state index contributed by atoms with van der Waals surface area (Å²) in [6, 6.07) is 6.34. The minimum atomic E-state index is -0.456. The molecule has 19 heavy (non-hydrogen) atoms. The van der Waals surface area contributed by atoms with Crippen molar-refractivity contribution in [3.8, 4) is 0 Å². The molecule has 1 fully saturated rings. The molecule has 2 heterocycles. The van der Waals surface area contributed by atoms with Crippen LogP contribution < -0.4 is 5.32 Å². The first-order valence-corrected chi connectivity index (χ1v) is 6.54. The summed E-state index contributed by atoms with van der Waals surface area (Å²) in [5.74, 6) is -0.218. The Hall–Kier alpha value is -1.68. The number of furan rings is 1. The molecule has 1 aromatic carbocycles. The number of ketones is 1. The van der Waals surface area contributed by atoms with Gasteiger partial charge in [0.2, 0.25) is 5.78 Å². The molecule has 0 bridgehead atoms. The molecule has 2 aromatic rings. The Balaban J connectivity index is 1.99. The molecule has 0 aliphatic carbocycles. The molecule has 3 nitrogen and oxygen atoms in total. The Labute approximate surface area is 110 Å². The molecule has 1 atom stereocenters. The number of piperidine rings is 1. The van der Waals surface area contributed by atoms with Crippen LogP contribution in [0.2, 0.25) is 0 Å². The van der Waals surface area contributed by atoms with E-state index < -0.39 is 11.2 Å². The van der Waals surface area contributed by atoms with E-state index in [4.69, 9.17) is 4.42 Å². The summed E-state index contributed by atoms with van der Waals surface area (Å²) in [5, 5.41) is 3.87. The molecule has 0 saturated carbocycles. The van der Waals surface area contributed by atoms with Gasteiger partial charge >= 0.3 is 0 Å². The van der Waals surface area contributed by atoms with Crippen LogP contribution in [0.25, 0.3) is 11.0 Å². The molecule has 1 unspecified atom stereocenters. The summed E-state index contributed by atoms with van der Waals surface area (Å²) < 4.78 is 19.0. The lowest BCUT2D eigenvalue weighted by molar-refractivity contribution is 0.0744. The van der Waals surface area contributed by atoms with Gasteiger partial charge in [0.05, 0.1) is 0 Å². The van der Waals surface area contributed by atoms with Crippen molar-refractivity contribution in [2.45, 2.75) is 19.8 Å². The number of carbonyl (C=O) groups is 1. The molecule has 1 aromatic heterocycles. The fraction of sp³-hybridized carbons (Fsp3) is 0.400. The lowest BCUT2D eigenvalue weighted by Crippen LogP contribution is -2.43. The minimum absolute atomic E-state index is 0.0460. The van der Waals surface area contributed by atoms with Gasteiger partial charge in [-0.25, -0.2) is 4.39 Å². The third-order valence-corrected chi connectivity index (χ3v) is 3.87. The predicted molar refractivity (Wildman–Crippen MR) is 70.7 cm³/mol. The van der Waals surface area contributed by atoms with Crippen LogP contribution in [0, 0.1) is 11.2 Å². The van der Waals surface area contributed by atoms with Crippen LogP contribution >= 0.6 is 0 Å². The molecule has 1 N–H and O–H groups in total. The zero-order valence-electron chi connectivity index (χ0n) is 10.8. The quantitative estimate of drug-likeness (QED) is 0.844. The van der Waals surface area contributed by atoms with E-state index in [0.717, 1.165) is 19.4 Å². The number of halogens is 1. The second-order valence-corrected chi connectivity index (χ2v) is 5.44. The number of hydrogen-bond donors (Lipinski definition) is 1. The van der Waals surface area contributed by atoms with Gasteiger partial charge in [-0.3, -0.25) is 4.79 Å². The number of Topliss-reactive ketones (excluding diaryl/α,β-unsaturated/α-hetero) is 1. The third kappa shape index (κ3) is 2.06. The van der Waals surface area contributed by atoms with Crippen molar-refractivity contribution in [3.05, 3.63) is 35.8 Å². The average Bonchev–Trinajstić information content (AvgIpc) is 2.84. The fourth-order valence-corrected chi connectivity index (χ4v) is 2.69. The monoisotopic (exact) mass is 261 g/mol.